The molecule has 2 aromatic rings. The van der Waals surface area contributed by atoms with Gasteiger partial charge >= 0.3 is 0 Å². The third kappa shape index (κ3) is 3.50. The standard InChI is InChI=1S/C22H26N2O2/c1-16-9-7-8-12-18(16)19(17-10-5-4-6-11-17)15-20(25)24-14-13-23-21(26)22(24,2)3/h4-12,19H,13-15H2,1-3H3,(H,23,26)/t19-/m1/s1. The third-order valence-electron chi connectivity index (χ3n) is 5.30. The molecule has 136 valence electrons. The predicted octanol–water partition coefficient (Wildman–Crippen LogP) is 3.25. The van der Waals surface area contributed by atoms with Crippen molar-refractivity contribution in [2.45, 2.75) is 38.6 Å². The van der Waals surface area contributed by atoms with Gasteiger partial charge in [-0.15, -0.1) is 0 Å². The van der Waals surface area contributed by atoms with Crippen molar-refractivity contribution in [3.8, 4) is 0 Å². The molecule has 1 N–H and O–H groups in total. The van der Waals surface area contributed by atoms with E-state index in [9.17, 15) is 9.59 Å². The largest absolute Gasteiger partial charge is 0.352 e. The minimum absolute atomic E-state index is 0.0157. The lowest BCUT2D eigenvalue weighted by Gasteiger charge is -2.41. The summed E-state index contributed by atoms with van der Waals surface area (Å²) in [6, 6.07) is 18.3. The van der Waals surface area contributed by atoms with Crippen LogP contribution in [0, 0.1) is 6.92 Å². The zero-order valence-electron chi connectivity index (χ0n) is 15.7. The molecule has 1 aliphatic rings. The summed E-state index contributed by atoms with van der Waals surface area (Å²) in [5, 5.41) is 2.85. The summed E-state index contributed by atoms with van der Waals surface area (Å²) in [6.07, 6.45) is 0.353. The maximum atomic E-state index is 13.2. The van der Waals surface area contributed by atoms with E-state index in [-0.39, 0.29) is 17.7 Å². The van der Waals surface area contributed by atoms with Gasteiger partial charge in [-0.3, -0.25) is 9.59 Å². The molecule has 0 aromatic heterocycles. The Morgan fingerprint density at radius 2 is 1.77 bits per heavy atom. The average Bonchev–Trinajstić information content (AvgIpc) is 2.63. The maximum absolute atomic E-state index is 13.2. The molecule has 3 rings (SSSR count). The van der Waals surface area contributed by atoms with Gasteiger partial charge in [-0.1, -0.05) is 54.6 Å². The Morgan fingerprint density at radius 3 is 2.46 bits per heavy atom. The highest BCUT2D eigenvalue weighted by atomic mass is 16.2. The van der Waals surface area contributed by atoms with Gasteiger partial charge in [0.05, 0.1) is 0 Å². The lowest BCUT2D eigenvalue weighted by molar-refractivity contribution is -0.149. The number of amides is 2. The van der Waals surface area contributed by atoms with E-state index >= 15 is 0 Å². The van der Waals surface area contributed by atoms with Crippen LogP contribution in [-0.4, -0.2) is 35.3 Å². The fourth-order valence-corrected chi connectivity index (χ4v) is 3.69. The molecule has 1 heterocycles. The van der Waals surface area contributed by atoms with Gasteiger partial charge in [0.15, 0.2) is 0 Å². The van der Waals surface area contributed by atoms with Crippen LogP contribution in [0.4, 0.5) is 0 Å². The van der Waals surface area contributed by atoms with E-state index in [1.165, 1.54) is 5.56 Å². The molecular weight excluding hydrogens is 324 g/mol. The average molecular weight is 350 g/mol. The number of piperazine rings is 1. The van der Waals surface area contributed by atoms with Crippen LogP contribution in [0.5, 0.6) is 0 Å². The monoisotopic (exact) mass is 350 g/mol. The molecule has 0 saturated carbocycles. The Morgan fingerprint density at radius 1 is 1.12 bits per heavy atom. The van der Waals surface area contributed by atoms with Crippen LogP contribution in [0.3, 0.4) is 0 Å². The van der Waals surface area contributed by atoms with E-state index < -0.39 is 5.54 Å². The zero-order valence-corrected chi connectivity index (χ0v) is 15.7. The van der Waals surface area contributed by atoms with E-state index in [2.05, 4.69) is 36.5 Å². The van der Waals surface area contributed by atoms with Gasteiger partial charge in [0.2, 0.25) is 11.8 Å². The SMILES string of the molecule is Cc1ccccc1[C@H](CC(=O)N1CCNC(=O)C1(C)C)c1ccccc1. The molecule has 0 aliphatic carbocycles. The van der Waals surface area contributed by atoms with Crippen LogP contribution in [0.25, 0.3) is 0 Å². The summed E-state index contributed by atoms with van der Waals surface area (Å²) in [6.45, 7) is 6.75. The number of benzene rings is 2. The van der Waals surface area contributed by atoms with Gasteiger partial charge in [0.1, 0.15) is 5.54 Å². The summed E-state index contributed by atoms with van der Waals surface area (Å²) in [5.41, 5.74) is 2.63. The number of aryl methyl sites for hydroxylation is 1. The molecule has 1 aliphatic heterocycles. The summed E-state index contributed by atoms with van der Waals surface area (Å²) < 4.78 is 0. The van der Waals surface area contributed by atoms with Crippen molar-refractivity contribution >= 4 is 11.8 Å². The Balaban J connectivity index is 1.93. The number of nitrogens with one attached hydrogen (secondary N) is 1. The molecule has 1 fully saturated rings. The van der Waals surface area contributed by atoms with Crippen LogP contribution in [0.15, 0.2) is 54.6 Å². The summed E-state index contributed by atoms with van der Waals surface area (Å²) in [4.78, 5) is 27.1. The van der Waals surface area contributed by atoms with Crippen molar-refractivity contribution in [3.63, 3.8) is 0 Å². The lowest BCUT2D eigenvalue weighted by atomic mass is 9.85. The molecule has 0 spiro atoms. The second-order valence-electron chi connectivity index (χ2n) is 7.38. The lowest BCUT2D eigenvalue weighted by Crippen LogP contribution is -2.63. The molecule has 4 heteroatoms. The summed E-state index contributed by atoms with van der Waals surface area (Å²) in [5.74, 6) is -0.100. The van der Waals surface area contributed by atoms with Gasteiger partial charge in [-0.05, 0) is 37.5 Å². The molecule has 1 atom stereocenters. The van der Waals surface area contributed by atoms with E-state index in [4.69, 9.17) is 0 Å². The molecular formula is C22H26N2O2. The highest BCUT2D eigenvalue weighted by Crippen LogP contribution is 2.32. The first-order valence-corrected chi connectivity index (χ1v) is 9.10. The van der Waals surface area contributed by atoms with Gasteiger partial charge in [0, 0.05) is 25.4 Å². The Bertz CT molecular complexity index is 799. The van der Waals surface area contributed by atoms with Crippen LogP contribution < -0.4 is 5.32 Å². The minimum Gasteiger partial charge on any atom is -0.352 e. The Kier molecular flexibility index (Phi) is 5.12. The van der Waals surface area contributed by atoms with Gasteiger partial charge < -0.3 is 10.2 Å². The molecule has 0 bridgehead atoms. The highest BCUT2D eigenvalue weighted by molar-refractivity contribution is 5.92. The Labute approximate surface area is 155 Å². The number of carbonyl (C=O) groups is 2. The summed E-state index contributed by atoms with van der Waals surface area (Å²) in [7, 11) is 0. The van der Waals surface area contributed by atoms with E-state index in [0.717, 1.165) is 11.1 Å². The van der Waals surface area contributed by atoms with E-state index in [1.807, 2.05) is 44.2 Å². The first-order valence-electron chi connectivity index (χ1n) is 9.10. The Hall–Kier alpha value is -2.62. The molecule has 2 aromatic carbocycles. The number of rotatable bonds is 4. The third-order valence-corrected chi connectivity index (χ3v) is 5.30. The smallest absolute Gasteiger partial charge is 0.245 e. The molecule has 1 saturated heterocycles. The molecule has 2 amide bonds. The fourth-order valence-electron chi connectivity index (χ4n) is 3.69. The number of hydrogen-bond acceptors (Lipinski definition) is 2. The van der Waals surface area contributed by atoms with Crippen molar-refractivity contribution in [1.29, 1.82) is 0 Å². The van der Waals surface area contributed by atoms with Crippen LogP contribution in [-0.2, 0) is 9.59 Å². The van der Waals surface area contributed by atoms with E-state index in [1.54, 1.807) is 4.90 Å². The summed E-state index contributed by atoms with van der Waals surface area (Å²) >= 11 is 0. The van der Waals surface area contributed by atoms with Crippen LogP contribution in [0.1, 0.15) is 42.9 Å². The van der Waals surface area contributed by atoms with Crippen molar-refractivity contribution < 1.29 is 9.59 Å². The maximum Gasteiger partial charge on any atom is 0.245 e. The second-order valence-corrected chi connectivity index (χ2v) is 7.38. The first kappa shape index (κ1) is 18.2. The topological polar surface area (TPSA) is 49.4 Å². The van der Waals surface area contributed by atoms with Crippen molar-refractivity contribution in [2.24, 2.45) is 0 Å². The van der Waals surface area contributed by atoms with E-state index in [0.29, 0.717) is 19.5 Å². The number of hydrogen-bond donors (Lipinski definition) is 1. The molecule has 0 unspecified atom stereocenters. The normalized spacial score (nSPS) is 17.5. The van der Waals surface area contributed by atoms with Crippen molar-refractivity contribution in [3.05, 3.63) is 71.3 Å². The predicted molar refractivity (Wildman–Crippen MR) is 103 cm³/mol. The van der Waals surface area contributed by atoms with Gasteiger partial charge in [0.25, 0.3) is 0 Å². The first-order chi connectivity index (χ1) is 12.4. The molecule has 26 heavy (non-hydrogen) atoms. The number of carbonyl (C=O) groups excluding carboxylic acids is 2. The van der Waals surface area contributed by atoms with Gasteiger partial charge in [-0.25, -0.2) is 0 Å². The number of nitrogens with zero attached hydrogens (tertiary/aromatic N) is 1. The zero-order chi connectivity index (χ0) is 18.7. The quantitative estimate of drug-likeness (QED) is 0.920. The highest BCUT2D eigenvalue weighted by Gasteiger charge is 2.40. The van der Waals surface area contributed by atoms with Crippen LogP contribution >= 0.6 is 0 Å². The van der Waals surface area contributed by atoms with Crippen LogP contribution in [0.2, 0.25) is 0 Å². The van der Waals surface area contributed by atoms with Gasteiger partial charge in [-0.2, -0.15) is 0 Å². The van der Waals surface area contributed by atoms with Crippen molar-refractivity contribution in [2.75, 3.05) is 13.1 Å². The minimum atomic E-state index is -0.817. The van der Waals surface area contributed by atoms with Crippen molar-refractivity contribution in [1.82, 2.24) is 10.2 Å². The molecule has 4 nitrogen and oxygen atoms in total. The molecule has 0 radical (unpaired) electrons. The fraction of sp³-hybridized carbons (Fsp3) is 0.364. The second kappa shape index (κ2) is 7.32.